The van der Waals surface area contributed by atoms with Crippen molar-refractivity contribution in [3.05, 3.63) is 28.2 Å². The molecule has 23 heavy (non-hydrogen) atoms. The Labute approximate surface area is 147 Å². The molecule has 1 saturated carbocycles. The normalized spacial score (nSPS) is 25.9. The number of halogens is 1. The maximum absolute atomic E-state index is 10.1. The molecular formula is C19H28BrNO2. The molecule has 0 bridgehead atoms. The number of benzene rings is 1. The monoisotopic (exact) mass is 381 g/mol. The van der Waals surface area contributed by atoms with E-state index in [1.165, 1.54) is 45.2 Å². The van der Waals surface area contributed by atoms with Gasteiger partial charge in [0.25, 0.3) is 0 Å². The summed E-state index contributed by atoms with van der Waals surface area (Å²) in [7, 11) is 0. The van der Waals surface area contributed by atoms with Gasteiger partial charge in [-0.2, -0.15) is 0 Å². The number of hydrogen-bond acceptors (Lipinski definition) is 3. The van der Waals surface area contributed by atoms with Gasteiger partial charge in [0.05, 0.1) is 16.2 Å². The van der Waals surface area contributed by atoms with Crippen molar-refractivity contribution in [2.45, 2.75) is 57.7 Å². The number of rotatable bonds is 5. The molecule has 2 N–H and O–H groups in total. The van der Waals surface area contributed by atoms with E-state index in [-0.39, 0.29) is 0 Å². The number of ether oxygens (including phenoxy) is 1. The first-order valence-electron chi connectivity index (χ1n) is 8.81. The van der Waals surface area contributed by atoms with E-state index in [4.69, 9.17) is 4.74 Å². The van der Waals surface area contributed by atoms with Gasteiger partial charge in [-0.05, 0) is 105 Å². The average molecular weight is 382 g/mol. The van der Waals surface area contributed by atoms with E-state index in [2.05, 4.69) is 21.2 Å². The topological polar surface area (TPSA) is 41.5 Å². The fourth-order valence-corrected chi connectivity index (χ4v) is 4.18. The van der Waals surface area contributed by atoms with Gasteiger partial charge in [-0.3, -0.25) is 0 Å². The van der Waals surface area contributed by atoms with Crippen LogP contribution in [0.15, 0.2) is 22.7 Å². The third kappa shape index (κ3) is 4.49. The van der Waals surface area contributed by atoms with Crippen molar-refractivity contribution in [2.75, 3.05) is 13.1 Å². The van der Waals surface area contributed by atoms with Crippen molar-refractivity contribution < 1.29 is 9.84 Å². The van der Waals surface area contributed by atoms with Gasteiger partial charge in [-0.1, -0.05) is 6.07 Å². The van der Waals surface area contributed by atoms with E-state index < -0.39 is 5.60 Å². The first-order valence-corrected chi connectivity index (χ1v) is 9.61. The van der Waals surface area contributed by atoms with Gasteiger partial charge < -0.3 is 15.2 Å². The molecule has 0 spiro atoms. The lowest BCUT2D eigenvalue weighted by Gasteiger charge is -2.38. The summed E-state index contributed by atoms with van der Waals surface area (Å²) in [5.74, 6) is 2.65. The summed E-state index contributed by atoms with van der Waals surface area (Å²) in [4.78, 5) is 0. The predicted octanol–water partition coefficient (Wildman–Crippen LogP) is 4.22. The molecule has 1 aliphatic carbocycles. The molecule has 2 fully saturated rings. The molecule has 1 aromatic carbocycles. The number of piperidine rings is 1. The second-order valence-electron chi connectivity index (χ2n) is 7.71. The standard InChI is InChI=1S/C19H28BrNO2/c1-19(2,22)15-3-4-18(17(20)12-15)23-16-10-14(11-16)9-13-5-7-21-8-6-13/h3-4,12-14,16,21-22H,5-11H2,1-2H3. The van der Waals surface area contributed by atoms with E-state index in [0.29, 0.717) is 6.10 Å². The molecule has 0 amide bonds. The van der Waals surface area contributed by atoms with Crippen LogP contribution in [0.4, 0.5) is 0 Å². The van der Waals surface area contributed by atoms with Crippen molar-refractivity contribution in [1.29, 1.82) is 0 Å². The molecule has 3 nitrogen and oxygen atoms in total. The van der Waals surface area contributed by atoms with Crippen molar-refractivity contribution in [3.8, 4) is 5.75 Å². The highest BCUT2D eigenvalue weighted by molar-refractivity contribution is 9.10. The molecule has 0 aromatic heterocycles. The Kier molecular flexibility index (Phi) is 5.34. The lowest BCUT2D eigenvalue weighted by molar-refractivity contribution is 0.0482. The second kappa shape index (κ2) is 7.12. The maximum atomic E-state index is 10.1. The van der Waals surface area contributed by atoms with E-state index in [1.807, 2.05) is 18.2 Å². The van der Waals surface area contributed by atoms with Gasteiger partial charge in [-0.15, -0.1) is 0 Å². The lowest BCUT2D eigenvalue weighted by atomic mass is 9.75. The van der Waals surface area contributed by atoms with Gasteiger partial charge in [0, 0.05) is 0 Å². The molecule has 1 aliphatic heterocycles. The predicted molar refractivity (Wildman–Crippen MR) is 96.7 cm³/mol. The summed E-state index contributed by atoms with van der Waals surface area (Å²) in [5.41, 5.74) is 0.0754. The molecule has 1 aromatic rings. The summed E-state index contributed by atoms with van der Waals surface area (Å²) in [6.45, 7) is 5.98. The Morgan fingerprint density at radius 3 is 2.52 bits per heavy atom. The Morgan fingerprint density at radius 2 is 1.91 bits per heavy atom. The fraction of sp³-hybridized carbons (Fsp3) is 0.684. The summed E-state index contributed by atoms with van der Waals surface area (Å²) >= 11 is 3.57. The SMILES string of the molecule is CC(C)(O)c1ccc(OC2CC(CC3CCNCC3)C2)c(Br)c1. The summed E-state index contributed by atoms with van der Waals surface area (Å²) in [6, 6.07) is 5.88. The van der Waals surface area contributed by atoms with E-state index >= 15 is 0 Å². The summed E-state index contributed by atoms with van der Waals surface area (Å²) < 4.78 is 7.06. The van der Waals surface area contributed by atoms with Gasteiger partial charge in [0.1, 0.15) is 5.75 Å². The first-order chi connectivity index (χ1) is 10.9. The van der Waals surface area contributed by atoms with Crippen LogP contribution in [0, 0.1) is 11.8 Å². The lowest BCUT2D eigenvalue weighted by Crippen LogP contribution is -2.37. The highest BCUT2D eigenvalue weighted by atomic mass is 79.9. The molecule has 1 saturated heterocycles. The van der Waals surface area contributed by atoms with Crippen LogP contribution in [0.5, 0.6) is 5.75 Å². The minimum atomic E-state index is -0.822. The Bertz CT molecular complexity index is 529. The molecule has 0 atom stereocenters. The van der Waals surface area contributed by atoms with Crippen LogP contribution in [0.1, 0.15) is 51.5 Å². The molecule has 128 valence electrons. The molecular weight excluding hydrogens is 354 g/mol. The smallest absolute Gasteiger partial charge is 0.133 e. The Hall–Kier alpha value is -0.580. The third-order valence-electron chi connectivity index (χ3n) is 5.25. The average Bonchev–Trinajstić information content (AvgIpc) is 2.46. The van der Waals surface area contributed by atoms with Crippen LogP contribution < -0.4 is 10.1 Å². The molecule has 3 rings (SSSR count). The molecule has 2 aliphatic rings. The maximum Gasteiger partial charge on any atom is 0.133 e. The summed E-state index contributed by atoms with van der Waals surface area (Å²) in [5, 5.41) is 13.5. The van der Waals surface area contributed by atoms with Crippen molar-refractivity contribution in [2.24, 2.45) is 11.8 Å². The zero-order valence-electron chi connectivity index (χ0n) is 14.1. The molecule has 0 unspecified atom stereocenters. The highest BCUT2D eigenvalue weighted by Gasteiger charge is 2.33. The van der Waals surface area contributed by atoms with Crippen LogP contribution in [0.3, 0.4) is 0 Å². The quantitative estimate of drug-likeness (QED) is 0.801. The zero-order chi connectivity index (χ0) is 16.4. The van der Waals surface area contributed by atoms with Crippen molar-refractivity contribution in [1.82, 2.24) is 5.32 Å². The Morgan fingerprint density at radius 1 is 1.22 bits per heavy atom. The van der Waals surface area contributed by atoms with Crippen molar-refractivity contribution >= 4 is 15.9 Å². The first kappa shape index (κ1) is 17.2. The molecule has 0 radical (unpaired) electrons. The summed E-state index contributed by atoms with van der Waals surface area (Å²) in [6.07, 6.45) is 6.77. The van der Waals surface area contributed by atoms with Crippen LogP contribution in [-0.2, 0) is 5.60 Å². The zero-order valence-corrected chi connectivity index (χ0v) is 15.7. The van der Waals surface area contributed by atoms with Crippen LogP contribution in [0.2, 0.25) is 0 Å². The number of aliphatic hydroxyl groups is 1. The van der Waals surface area contributed by atoms with Gasteiger partial charge in [0.15, 0.2) is 0 Å². The van der Waals surface area contributed by atoms with Gasteiger partial charge in [0.2, 0.25) is 0 Å². The number of nitrogens with one attached hydrogen (secondary N) is 1. The second-order valence-corrected chi connectivity index (χ2v) is 8.56. The minimum absolute atomic E-state index is 0.353. The minimum Gasteiger partial charge on any atom is -0.489 e. The van der Waals surface area contributed by atoms with E-state index in [1.54, 1.807) is 13.8 Å². The van der Waals surface area contributed by atoms with Crippen LogP contribution >= 0.6 is 15.9 Å². The van der Waals surface area contributed by atoms with E-state index in [9.17, 15) is 5.11 Å². The van der Waals surface area contributed by atoms with Crippen LogP contribution in [0.25, 0.3) is 0 Å². The fourth-order valence-electron chi connectivity index (χ4n) is 3.71. The van der Waals surface area contributed by atoms with E-state index in [0.717, 1.165) is 27.6 Å². The largest absolute Gasteiger partial charge is 0.489 e. The van der Waals surface area contributed by atoms with Crippen LogP contribution in [-0.4, -0.2) is 24.3 Å². The molecule has 4 heteroatoms. The third-order valence-corrected chi connectivity index (χ3v) is 5.87. The Balaban J connectivity index is 1.48. The highest BCUT2D eigenvalue weighted by Crippen LogP contribution is 2.39. The van der Waals surface area contributed by atoms with Crippen molar-refractivity contribution in [3.63, 3.8) is 0 Å². The number of hydrogen-bond donors (Lipinski definition) is 2. The van der Waals surface area contributed by atoms with Gasteiger partial charge >= 0.3 is 0 Å². The molecule has 1 heterocycles. The van der Waals surface area contributed by atoms with Gasteiger partial charge in [-0.25, -0.2) is 0 Å².